The van der Waals surface area contributed by atoms with E-state index in [1.165, 1.54) is 11.3 Å². The maximum absolute atomic E-state index is 11.3. The van der Waals surface area contributed by atoms with Crippen molar-refractivity contribution in [3.05, 3.63) is 9.98 Å². The Morgan fingerprint density at radius 1 is 1.85 bits per heavy atom. The van der Waals surface area contributed by atoms with Gasteiger partial charge in [-0.1, -0.05) is 11.3 Å². The molecule has 1 N–H and O–H groups in total. The van der Waals surface area contributed by atoms with Crippen molar-refractivity contribution in [3.63, 3.8) is 0 Å². The average molecular weight is 264 g/mol. The number of urea groups is 1. The number of nitrogens with one attached hydrogen (secondary N) is 1. The summed E-state index contributed by atoms with van der Waals surface area (Å²) >= 11 is 4.66. The van der Waals surface area contributed by atoms with Crippen LogP contribution in [0.2, 0.25) is 0 Å². The fourth-order valence-corrected chi connectivity index (χ4v) is 1.74. The highest BCUT2D eigenvalue weighted by atomic mass is 79.9. The molecule has 0 aromatic carbocycles. The van der Waals surface area contributed by atoms with E-state index in [4.69, 9.17) is 0 Å². The number of halogens is 1. The quantitative estimate of drug-likeness (QED) is 0.891. The molecule has 1 heterocycles. The van der Waals surface area contributed by atoms with E-state index in [1.807, 2.05) is 6.92 Å². The van der Waals surface area contributed by atoms with Crippen LogP contribution in [0.1, 0.15) is 6.92 Å². The summed E-state index contributed by atoms with van der Waals surface area (Å²) in [6.45, 7) is 2.59. The zero-order valence-electron chi connectivity index (χ0n) is 7.37. The molecule has 1 aromatic heterocycles. The molecular formula is C7H10BrN3OS. The van der Waals surface area contributed by atoms with Crippen LogP contribution in [0.5, 0.6) is 0 Å². The van der Waals surface area contributed by atoms with E-state index in [9.17, 15) is 4.79 Å². The topological polar surface area (TPSA) is 45.2 Å². The van der Waals surface area contributed by atoms with Gasteiger partial charge >= 0.3 is 6.03 Å². The predicted molar refractivity (Wildman–Crippen MR) is 57.1 cm³/mol. The Bertz CT molecular complexity index is 302. The molecular weight excluding hydrogens is 254 g/mol. The van der Waals surface area contributed by atoms with Crippen molar-refractivity contribution in [2.24, 2.45) is 0 Å². The Morgan fingerprint density at radius 3 is 3.00 bits per heavy atom. The predicted octanol–water partition coefficient (Wildman–Crippen LogP) is 2.39. The molecule has 4 nitrogen and oxygen atoms in total. The highest BCUT2D eigenvalue weighted by molar-refractivity contribution is 9.11. The third-order valence-electron chi connectivity index (χ3n) is 1.51. The first-order valence-electron chi connectivity index (χ1n) is 3.77. The SMILES string of the molecule is CCN(C)C(=O)Nc1ncc(Br)s1. The fraction of sp³-hybridized carbons (Fsp3) is 0.429. The normalized spacial score (nSPS) is 9.77. The number of rotatable bonds is 2. The van der Waals surface area contributed by atoms with Gasteiger partial charge in [-0.3, -0.25) is 5.32 Å². The summed E-state index contributed by atoms with van der Waals surface area (Å²) in [5.74, 6) is 0. The van der Waals surface area contributed by atoms with E-state index < -0.39 is 0 Å². The number of amides is 2. The van der Waals surface area contributed by atoms with Gasteiger partial charge in [0.25, 0.3) is 0 Å². The Morgan fingerprint density at radius 2 is 2.54 bits per heavy atom. The number of thiazole rings is 1. The minimum absolute atomic E-state index is 0.135. The largest absolute Gasteiger partial charge is 0.328 e. The summed E-state index contributed by atoms with van der Waals surface area (Å²) in [5, 5.41) is 3.29. The number of nitrogens with zero attached hydrogens (tertiary/aromatic N) is 2. The Balaban J connectivity index is 2.54. The summed E-state index contributed by atoms with van der Waals surface area (Å²) in [4.78, 5) is 16.9. The van der Waals surface area contributed by atoms with Gasteiger partial charge in [-0.05, 0) is 22.9 Å². The molecule has 0 saturated carbocycles. The molecule has 0 aliphatic heterocycles. The van der Waals surface area contributed by atoms with E-state index in [0.717, 1.165) is 3.79 Å². The van der Waals surface area contributed by atoms with Gasteiger partial charge in [0, 0.05) is 13.6 Å². The zero-order chi connectivity index (χ0) is 9.84. The van der Waals surface area contributed by atoms with Crippen LogP contribution in [-0.4, -0.2) is 29.5 Å². The molecule has 0 fully saturated rings. The second-order valence-corrected chi connectivity index (χ2v) is 4.82. The number of hydrogen-bond donors (Lipinski definition) is 1. The smallest absolute Gasteiger partial charge is 0.323 e. The molecule has 0 radical (unpaired) electrons. The molecule has 0 saturated heterocycles. The van der Waals surface area contributed by atoms with Gasteiger partial charge in [0.1, 0.15) is 0 Å². The first-order chi connectivity index (χ1) is 6.13. The molecule has 6 heteroatoms. The van der Waals surface area contributed by atoms with Crippen LogP contribution in [-0.2, 0) is 0 Å². The lowest BCUT2D eigenvalue weighted by Gasteiger charge is -2.13. The third-order valence-corrected chi connectivity index (χ3v) is 2.90. The van der Waals surface area contributed by atoms with Crippen LogP contribution in [0.3, 0.4) is 0 Å². The molecule has 13 heavy (non-hydrogen) atoms. The molecule has 0 bridgehead atoms. The van der Waals surface area contributed by atoms with Gasteiger partial charge in [-0.2, -0.15) is 0 Å². The van der Waals surface area contributed by atoms with Crippen molar-refractivity contribution in [3.8, 4) is 0 Å². The highest BCUT2D eigenvalue weighted by Gasteiger charge is 2.08. The molecule has 2 amide bonds. The summed E-state index contributed by atoms with van der Waals surface area (Å²) in [7, 11) is 1.73. The van der Waals surface area contributed by atoms with Gasteiger partial charge in [0.05, 0.1) is 9.98 Å². The Labute approximate surface area is 89.1 Å². The van der Waals surface area contributed by atoms with Gasteiger partial charge < -0.3 is 4.90 Å². The van der Waals surface area contributed by atoms with Gasteiger partial charge in [0.2, 0.25) is 0 Å². The van der Waals surface area contributed by atoms with E-state index >= 15 is 0 Å². The molecule has 0 aliphatic carbocycles. The lowest BCUT2D eigenvalue weighted by atomic mass is 10.6. The van der Waals surface area contributed by atoms with E-state index in [2.05, 4.69) is 26.2 Å². The van der Waals surface area contributed by atoms with Gasteiger partial charge in [0.15, 0.2) is 5.13 Å². The fourth-order valence-electron chi connectivity index (χ4n) is 0.643. The maximum atomic E-state index is 11.3. The molecule has 0 aliphatic rings. The summed E-state index contributed by atoms with van der Waals surface area (Å²) < 4.78 is 0.905. The van der Waals surface area contributed by atoms with Crippen molar-refractivity contribution < 1.29 is 4.79 Å². The molecule has 1 rings (SSSR count). The first kappa shape index (κ1) is 10.5. The van der Waals surface area contributed by atoms with Crippen LogP contribution in [0.15, 0.2) is 9.98 Å². The molecule has 0 atom stereocenters. The van der Waals surface area contributed by atoms with Crippen molar-refractivity contribution in [2.45, 2.75) is 6.92 Å². The summed E-state index contributed by atoms with van der Waals surface area (Å²) in [5.41, 5.74) is 0. The van der Waals surface area contributed by atoms with Crippen molar-refractivity contribution in [1.82, 2.24) is 9.88 Å². The standard InChI is InChI=1S/C7H10BrN3OS/c1-3-11(2)7(12)10-6-9-4-5(8)13-6/h4H,3H2,1-2H3,(H,9,10,12). The highest BCUT2D eigenvalue weighted by Crippen LogP contribution is 2.23. The van der Waals surface area contributed by atoms with E-state index in [-0.39, 0.29) is 6.03 Å². The molecule has 72 valence electrons. The lowest BCUT2D eigenvalue weighted by Crippen LogP contribution is -2.30. The monoisotopic (exact) mass is 263 g/mol. The Kier molecular flexibility index (Phi) is 3.68. The number of aromatic nitrogens is 1. The number of anilines is 1. The maximum Gasteiger partial charge on any atom is 0.323 e. The van der Waals surface area contributed by atoms with Crippen LogP contribution in [0.4, 0.5) is 9.93 Å². The first-order valence-corrected chi connectivity index (χ1v) is 5.38. The minimum atomic E-state index is -0.135. The van der Waals surface area contributed by atoms with Gasteiger partial charge in [-0.15, -0.1) is 0 Å². The molecule has 1 aromatic rings. The van der Waals surface area contributed by atoms with Crippen molar-refractivity contribution in [1.29, 1.82) is 0 Å². The number of hydrogen-bond acceptors (Lipinski definition) is 3. The third kappa shape index (κ3) is 2.96. The summed E-state index contributed by atoms with van der Waals surface area (Å²) in [6.07, 6.45) is 1.66. The number of carbonyl (C=O) groups is 1. The van der Waals surface area contributed by atoms with E-state index in [1.54, 1.807) is 18.1 Å². The summed E-state index contributed by atoms with van der Waals surface area (Å²) in [6, 6.07) is -0.135. The molecule has 0 unspecified atom stereocenters. The zero-order valence-corrected chi connectivity index (χ0v) is 9.78. The second kappa shape index (κ2) is 4.57. The van der Waals surface area contributed by atoms with Crippen molar-refractivity contribution in [2.75, 3.05) is 18.9 Å². The average Bonchev–Trinajstić information content (AvgIpc) is 2.49. The van der Waals surface area contributed by atoms with Crippen molar-refractivity contribution >= 4 is 38.4 Å². The second-order valence-electron chi connectivity index (χ2n) is 2.41. The minimum Gasteiger partial charge on any atom is -0.328 e. The van der Waals surface area contributed by atoms with Crippen LogP contribution in [0.25, 0.3) is 0 Å². The van der Waals surface area contributed by atoms with Crippen LogP contribution < -0.4 is 5.32 Å². The van der Waals surface area contributed by atoms with E-state index in [0.29, 0.717) is 11.7 Å². The lowest BCUT2D eigenvalue weighted by molar-refractivity contribution is 0.224. The molecule has 0 spiro atoms. The van der Waals surface area contributed by atoms with Crippen LogP contribution >= 0.6 is 27.3 Å². The van der Waals surface area contributed by atoms with Gasteiger partial charge in [-0.25, -0.2) is 9.78 Å². The van der Waals surface area contributed by atoms with Crippen LogP contribution in [0, 0.1) is 0 Å². The number of carbonyl (C=O) groups excluding carboxylic acids is 1. The Hall–Kier alpha value is -0.620.